The van der Waals surface area contributed by atoms with Crippen LogP contribution >= 0.6 is 0 Å². The quantitative estimate of drug-likeness (QED) is 0.845. The van der Waals surface area contributed by atoms with Gasteiger partial charge in [0.2, 0.25) is 0 Å². The van der Waals surface area contributed by atoms with E-state index >= 15 is 0 Å². The highest BCUT2D eigenvalue weighted by Crippen LogP contribution is 2.28. The summed E-state index contributed by atoms with van der Waals surface area (Å²) in [7, 11) is 3.90. The normalized spacial score (nSPS) is 21.4. The molecule has 2 aliphatic heterocycles. The molecule has 0 spiro atoms. The second-order valence-corrected chi connectivity index (χ2v) is 7.50. The summed E-state index contributed by atoms with van der Waals surface area (Å²) in [6, 6.07) is 8.75. The number of likely N-dealkylation sites (tertiary alicyclic amines) is 1. The molecule has 1 aromatic carbocycles. The largest absolute Gasteiger partial charge is 0.497 e. The summed E-state index contributed by atoms with van der Waals surface area (Å²) in [4.78, 5) is 14.6. The van der Waals surface area contributed by atoms with Gasteiger partial charge in [0.15, 0.2) is 0 Å². The van der Waals surface area contributed by atoms with Crippen molar-refractivity contribution >= 4 is 0 Å². The van der Waals surface area contributed by atoms with Crippen molar-refractivity contribution in [1.29, 1.82) is 0 Å². The number of rotatable bonds is 4. The van der Waals surface area contributed by atoms with Gasteiger partial charge in [-0.1, -0.05) is 18.6 Å². The van der Waals surface area contributed by atoms with Crippen LogP contribution in [0.25, 0.3) is 0 Å². The predicted octanol–water partition coefficient (Wildman–Crippen LogP) is 3.20. The van der Waals surface area contributed by atoms with E-state index in [1.807, 2.05) is 12.1 Å². The highest BCUT2D eigenvalue weighted by molar-refractivity contribution is 5.28. The molecule has 0 radical (unpaired) electrons. The van der Waals surface area contributed by atoms with Crippen LogP contribution in [-0.2, 0) is 19.5 Å². The minimum Gasteiger partial charge on any atom is -0.497 e. The van der Waals surface area contributed by atoms with Gasteiger partial charge < -0.3 is 4.74 Å². The van der Waals surface area contributed by atoms with E-state index in [-0.39, 0.29) is 0 Å². The Morgan fingerprint density at radius 1 is 1.15 bits per heavy atom. The molecule has 0 unspecified atom stereocenters. The minimum absolute atomic E-state index is 0.395. The summed E-state index contributed by atoms with van der Waals surface area (Å²) in [5.74, 6) is 1.93. The van der Waals surface area contributed by atoms with E-state index in [9.17, 15) is 0 Å². The Morgan fingerprint density at radius 2 is 2.00 bits per heavy atom. The minimum atomic E-state index is 0.395. The van der Waals surface area contributed by atoms with Gasteiger partial charge in [-0.05, 0) is 44.1 Å². The van der Waals surface area contributed by atoms with Crippen LogP contribution in [0.3, 0.4) is 0 Å². The van der Waals surface area contributed by atoms with Crippen LogP contribution in [0.1, 0.15) is 47.9 Å². The first-order chi connectivity index (χ1) is 12.7. The van der Waals surface area contributed by atoms with Crippen molar-refractivity contribution in [1.82, 2.24) is 19.8 Å². The molecule has 4 rings (SSSR count). The number of hydrogen-bond acceptors (Lipinski definition) is 5. The summed E-state index contributed by atoms with van der Waals surface area (Å²) in [5, 5.41) is 0. The number of ether oxygens (including phenoxy) is 1. The van der Waals surface area contributed by atoms with Gasteiger partial charge in [-0.3, -0.25) is 9.80 Å². The maximum absolute atomic E-state index is 5.24. The highest BCUT2D eigenvalue weighted by atomic mass is 16.5. The van der Waals surface area contributed by atoms with Crippen LogP contribution in [-0.4, -0.2) is 47.0 Å². The Bertz CT molecular complexity index is 746. The first-order valence-electron chi connectivity index (χ1n) is 9.63. The van der Waals surface area contributed by atoms with E-state index in [2.05, 4.69) is 35.2 Å². The second kappa shape index (κ2) is 7.72. The number of benzene rings is 1. The van der Waals surface area contributed by atoms with Crippen molar-refractivity contribution < 1.29 is 4.74 Å². The molecule has 0 saturated carbocycles. The second-order valence-electron chi connectivity index (χ2n) is 7.50. The fraction of sp³-hybridized carbons (Fsp3) is 0.524. The molecule has 1 atom stereocenters. The number of aromatic nitrogens is 2. The number of hydrogen-bond donors (Lipinski definition) is 0. The smallest absolute Gasteiger partial charge is 0.145 e. The number of methoxy groups -OCH3 is 1. The van der Waals surface area contributed by atoms with Gasteiger partial charge >= 0.3 is 0 Å². The first kappa shape index (κ1) is 17.4. The maximum atomic E-state index is 5.24. The zero-order valence-corrected chi connectivity index (χ0v) is 15.8. The van der Waals surface area contributed by atoms with Gasteiger partial charge in [0.05, 0.1) is 13.2 Å². The molecule has 26 heavy (non-hydrogen) atoms. The standard InChI is InChI=1S/C21H28N4O/c1-24-11-4-3-5-20(24)21-22-13-17-15-25(12-10-19(17)23-21)14-16-6-8-18(26-2)9-7-16/h6-9,13,20H,3-5,10-12,14-15H2,1-2H3/t20-/m1/s1. The van der Waals surface area contributed by atoms with E-state index < -0.39 is 0 Å². The van der Waals surface area contributed by atoms with Crippen LogP contribution in [0.2, 0.25) is 0 Å². The number of nitrogens with zero attached hydrogens (tertiary/aromatic N) is 4. The molecular formula is C21H28N4O. The summed E-state index contributed by atoms with van der Waals surface area (Å²) in [6.45, 7) is 4.09. The van der Waals surface area contributed by atoms with Crippen molar-refractivity contribution in [3.8, 4) is 5.75 Å². The van der Waals surface area contributed by atoms with E-state index in [0.717, 1.165) is 44.2 Å². The van der Waals surface area contributed by atoms with Gasteiger partial charge in [0.25, 0.3) is 0 Å². The topological polar surface area (TPSA) is 41.5 Å². The molecule has 2 aliphatic rings. The molecular weight excluding hydrogens is 324 g/mol. The van der Waals surface area contributed by atoms with Crippen molar-refractivity contribution in [2.75, 3.05) is 27.2 Å². The Kier molecular flexibility index (Phi) is 5.18. The number of piperidine rings is 1. The molecule has 5 heteroatoms. The van der Waals surface area contributed by atoms with Gasteiger partial charge in [0, 0.05) is 43.5 Å². The molecule has 1 aromatic heterocycles. The zero-order chi connectivity index (χ0) is 17.9. The van der Waals surface area contributed by atoms with E-state index in [0.29, 0.717) is 6.04 Å². The third kappa shape index (κ3) is 3.74. The molecule has 1 fully saturated rings. The van der Waals surface area contributed by atoms with Crippen LogP contribution < -0.4 is 4.74 Å². The predicted molar refractivity (Wildman–Crippen MR) is 102 cm³/mol. The molecule has 2 aromatic rings. The average molecular weight is 352 g/mol. The Morgan fingerprint density at radius 3 is 2.77 bits per heavy atom. The lowest BCUT2D eigenvalue weighted by molar-refractivity contribution is 0.178. The summed E-state index contributed by atoms with van der Waals surface area (Å²) in [6.07, 6.45) is 6.83. The van der Waals surface area contributed by atoms with Gasteiger partial charge in [0.1, 0.15) is 11.6 Å². The third-order valence-corrected chi connectivity index (χ3v) is 5.67. The van der Waals surface area contributed by atoms with Crippen LogP contribution in [0, 0.1) is 0 Å². The molecule has 0 amide bonds. The van der Waals surface area contributed by atoms with Crippen molar-refractivity contribution in [2.45, 2.75) is 44.8 Å². The van der Waals surface area contributed by atoms with Crippen LogP contribution in [0.5, 0.6) is 5.75 Å². The maximum Gasteiger partial charge on any atom is 0.145 e. The molecule has 0 bridgehead atoms. The third-order valence-electron chi connectivity index (χ3n) is 5.67. The summed E-state index contributed by atoms with van der Waals surface area (Å²) < 4.78 is 5.24. The molecule has 0 aliphatic carbocycles. The Balaban J connectivity index is 1.43. The van der Waals surface area contributed by atoms with Gasteiger partial charge in [-0.15, -0.1) is 0 Å². The van der Waals surface area contributed by atoms with E-state index in [4.69, 9.17) is 14.7 Å². The average Bonchev–Trinajstić information content (AvgIpc) is 2.68. The monoisotopic (exact) mass is 352 g/mol. The lowest BCUT2D eigenvalue weighted by Gasteiger charge is -2.32. The molecule has 138 valence electrons. The van der Waals surface area contributed by atoms with Crippen molar-refractivity contribution in [3.05, 3.63) is 53.1 Å². The summed E-state index contributed by atoms with van der Waals surface area (Å²) in [5.41, 5.74) is 3.85. The van der Waals surface area contributed by atoms with Gasteiger partial charge in [-0.25, -0.2) is 9.97 Å². The van der Waals surface area contributed by atoms with Crippen LogP contribution in [0.15, 0.2) is 30.5 Å². The van der Waals surface area contributed by atoms with Gasteiger partial charge in [-0.2, -0.15) is 0 Å². The SMILES string of the molecule is COc1ccc(CN2CCc3nc([C@H]4CCCCN4C)ncc3C2)cc1. The lowest BCUT2D eigenvalue weighted by Crippen LogP contribution is -2.33. The Labute approximate surface area is 156 Å². The van der Waals surface area contributed by atoms with Crippen LogP contribution in [0.4, 0.5) is 0 Å². The fourth-order valence-corrected chi connectivity index (χ4v) is 4.08. The first-order valence-corrected chi connectivity index (χ1v) is 9.63. The molecule has 0 N–H and O–H groups in total. The number of fused-ring (bicyclic) bond motifs is 1. The molecule has 5 nitrogen and oxygen atoms in total. The van der Waals surface area contributed by atoms with Crippen molar-refractivity contribution in [2.24, 2.45) is 0 Å². The fourth-order valence-electron chi connectivity index (χ4n) is 4.08. The van der Waals surface area contributed by atoms with E-state index in [1.54, 1.807) is 7.11 Å². The molecule has 3 heterocycles. The Hall–Kier alpha value is -1.98. The zero-order valence-electron chi connectivity index (χ0n) is 15.8. The molecule has 1 saturated heterocycles. The lowest BCUT2D eigenvalue weighted by atomic mass is 10.0. The van der Waals surface area contributed by atoms with Crippen molar-refractivity contribution in [3.63, 3.8) is 0 Å². The highest BCUT2D eigenvalue weighted by Gasteiger charge is 2.25. The van der Waals surface area contributed by atoms with E-state index in [1.165, 1.54) is 36.1 Å². The summed E-state index contributed by atoms with van der Waals surface area (Å²) >= 11 is 0.